The highest BCUT2D eigenvalue weighted by atomic mass is 19.1. The van der Waals surface area contributed by atoms with Crippen molar-refractivity contribution >= 4 is 11.9 Å². The molecule has 0 aliphatic rings. The van der Waals surface area contributed by atoms with E-state index in [-0.39, 0.29) is 12.1 Å². The highest BCUT2D eigenvalue weighted by molar-refractivity contribution is 5.94. The molecule has 16 heavy (non-hydrogen) atoms. The molecule has 1 unspecified atom stereocenters. The molecule has 6 heteroatoms. The quantitative estimate of drug-likeness (QED) is 0.672. The third kappa shape index (κ3) is 3.03. The molecular formula is C10H11FN2O3. The Balaban J connectivity index is 2.60. The molecule has 1 atom stereocenters. The number of benzene rings is 1. The van der Waals surface area contributed by atoms with Gasteiger partial charge in [-0.3, -0.25) is 9.59 Å². The maximum Gasteiger partial charge on any atom is 0.322 e. The fraction of sp³-hybridized carbons (Fsp3) is 0.200. The number of halogens is 1. The first-order valence-corrected chi connectivity index (χ1v) is 4.53. The summed E-state index contributed by atoms with van der Waals surface area (Å²) in [4.78, 5) is 21.8. The van der Waals surface area contributed by atoms with Crippen LogP contribution in [0, 0.1) is 5.82 Å². The third-order valence-electron chi connectivity index (χ3n) is 1.92. The zero-order chi connectivity index (χ0) is 12.1. The third-order valence-corrected chi connectivity index (χ3v) is 1.92. The van der Waals surface area contributed by atoms with E-state index < -0.39 is 23.7 Å². The van der Waals surface area contributed by atoms with Gasteiger partial charge >= 0.3 is 5.97 Å². The van der Waals surface area contributed by atoms with Crippen molar-refractivity contribution < 1.29 is 19.1 Å². The minimum Gasteiger partial charge on any atom is -0.480 e. The van der Waals surface area contributed by atoms with Crippen molar-refractivity contribution in [2.24, 2.45) is 5.73 Å². The molecule has 4 N–H and O–H groups in total. The van der Waals surface area contributed by atoms with E-state index in [0.717, 1.165) is 6.07 Å². The minimum absolute atomic E-state index is 0.139. The monoisotopic (exact) mass is 226 g/mol. The number of amides is 1. The van der Waals surface area contributed by atoms with Crippen molar-refractivity contribution in [1.82, 2.24) is 5.32 Å². The van der Waals surface area contributed by atoms with Gasteiger partial charge in [0.05, 0.1) is 5.56 Å². The van der Waals surface area contributed by atoms with Crippen LogP contribution in [0.5, 0.6) is 0 Å². The molecule has 0 saturated heterocycles. The van der Waals surface area contributed by atoms with Gasteiger partial charge in [-0.05, 0) is 12.1 Å². The minimum atomic E-state index is -1.23. The molecule has 1 rings (SSSR count). The second-order valence-corrected chi connectivity index (χ2v) is 3.13. The van der Waals surface area contributed by atoms with Gasteiger partial charge in [0.2, 0.25) is 0 Å². The van der Waals surface area contributed by atoms with E-state index in [2.05, 4.69) is 5.32 Å². The van der Waals surface area contributed by atoms with Gasteiger partial charge in [0.25, 0.3) is 5.91 Å². The van der Waals surface area contributed by atoms with Crippen LogP contribution in [0.3, 0.4) is 0 Å². The van der Waals surface area contributed by atoms with Crippen LogP contribution in [0.4, 0.5) is 4.39 Å². The zero-order valence-electron chi connectivity index (χ0n) is 8.31. The molecule has 0 spiro atoms. The van der Waals surface area contributed by atoms with Crippen LogP contribution in [0.25, 0.3) is 0 Å². The number of aliphatic carboxylic acids is 1. The van der Waals surface area contributed by atoms with Crippen LogP contribution >= 0.6 is 0 Å². The molecule has 0 heterocycles. The lowest BCUT2D eigenvalue weighted by Gasteiger charge is -2.08. The second-order valence-electron chi connectivity index (χ2n) is 3.13. The summed E-state index contributed by atoms with van der Waals surface area (Å²) < 4.78 is 13.1. The van der Waals surface area contributed by atoms with Gasteiger partial charge < -0.3 is 16.2 Å². The molecule has 0 aliphatic carbocycles. The van der Waals surface area contributed by atoms with Crippen LogP contribution in [0.1, 0.15) is 10.4 Å². The SMILES string of the molecule is NC(CNC(=O)c1ccccc1F)C(=O)O. The van der Waals surface area contributed by atoms with Crippen molar-refractivity contribution in [3.8, 4) is 0 Å². The lowest BCUT2D eigenvalue weighted by molar-refractivity contribution is -0.138. The highest BCUT2D eigenvalue weighted by Crippen LogP contribution is 2.05. The summed E-state index contributed by atoms with van der Waals surface area (Å²) in [5.74, 6) is -2.58. The molecule has 0 aromatic heterocycles. The van der Waals surface area contributed by atoms with Gasteiger partial charge in [-0.1, -0.05) is 12.1 Å². The first-order valence-electron chi connectivity index (χ1n) is 4.53. The van der Waals surface area contributed by atoms with Crippen LogP contribution in [0.2, 0.25) is 0 Å². The molecule has 1 aromatic carbocycles. The Morgan fingerprint density at radius 2 is 2.06 bits per heavy atom. The van der Waals surface area contributed by atoms with Gasteiger partial charge in [-0.25, -0.2) is 4.39 Å². The smallest absolute Gasteiger partial charge is 0.322 e. The van der Waals surface area contributed by atoms with E-state index in [0.29, 0.717) is 0 Å². The Labute approximate surface area is 91.1 Å². The first-order chi connectivity index (χ1) is 7.52. The van der Waals surface area contributed by atoms with Crippen LogP contribution < -0.4 is 11.1 Å². The normalized spacial score (nSPS) is 11.9. The fourth-order valence-electron chi connectivity index (χ4n) is 1.03. The maximum atomic E-state index is 13.1. The molecule has 1 aromatic rings. The zero-order valence-corrected chi connectivity index (χ0v) is 8.31. The van der Waals surface area contributed by atoms with Gasteiger partial charge in [-0.2, -0.15) is 0 Å². The number of nitrogens with one attached hydrogen (secondary N) is 1. The van der Waals surface area contributed by atoms with Gasteiger partial charge in [-0.15, -0.1) is 0 Å². The summed E-state index contributed by atoms with van der Waals surface area (Å²) in [6.07, 6.45) is 0. The predicted octanol–water partition coefficient (Wildman–Crippen LogP) is -0.0326. The van der Waals surface area contributed by atoms with Crippen molar-refractivity contribution in [2.45, 2.75) is 6.04 Å². The second kappa shape index (κ2) is 5.22. The Morgan fingerprint density at radius 3 is 2.62 bits per heavy atom. The number of rotatable bonds is 4. The van der Waals surface area contributed by atoms with Crippen molar-refractivity contribution in [3.05, 3.63) is 35.6 Å². The Kier molecular flexibility index (Phi) is 3.96. The summed E-state index contributed by atoms with van der Waals surface area (Å²) in [5, 5.41) is 10.7. The van der Waals surface area contributed by atoms with Crippen molar-refractivity contribution in [1.29, 1.82) is 0 Å². The van der Waals surface area contributed by atoms with E-state index in [4.69, 9.17) is 10.8 Å². The Hall–Kier alpha value is -1.95. The predicted molar refractivity (Wildman–Crippen MR) is 54.3 cm³/mol. The van der Waals surface area contributed by atoms with Crippen LogP contribution in [-0.2, 0) is 4.79 Å². The van der Waals surface area contributed by atoms with E-state index in [1.165, 1.54) is 18.2 Å². The van der Waals surface area contributed by atoms with E-state index >= 15 is 0 Å². The average Bonchev–Trinajstić information content (AvgIpc) is 2.25. The van der Waals surface area contributed by atoms with Crippen LogP contribution in [0.15, 0.2) is 24.3 Å². The number of carboxylic acid groups (broad SMARTS) is 1. The highest BCUT2D eigenvalue weighted by Gasteiger charge is 2.15. The molecule has 0 saturated carbocycles. The van der Waals surface area contributed by atoms with E-state index in [9.17, 15) is 14.0 Å². The molecule has 0 radical (unpaired) electrons. The lowest BCUT2D eigenvalue weighted by atomic mass is 10.2. The first kappa shape index (κ1) is 12.1. The topological polar surface area (TPSA) is 92.4 Å². The summed E-state index contributed by atoms with van der Waals surface area (Å²) in [5.41, 5.74) is 5.03. The molecule has 1 amide bonds. The molecular weight excluding hydrogens is 215 g/mol. The lowest BCUT2D eigenvalue weighted by Crippen LogP contribution is -2.42. The summed E-state index contributed by atoms with van der Waals surface area (Å²) >= 11 is 0. The Morgan fingerprint density at radius 1 is 1.44 bits per heavy atom. The number of carboxylic acids is 1. The molecule has 5 nitrogen and oxygen atoms in total. The number of hydrogen-bond acceptors (Lipinski definition) is 3. The number of carbonyl (C=O) groups excluding carboxylic acids is 1. The van der Waals surface area contributed by atoms with Gasteiger partial charge in [0, 0.05) is 6.54 Å². The van der Waals surface area contributed by atoms with Crippen molar-refractivity contribution in [3.63, 3.8) is 0 Å². The summed E-state index contributed by atoms with van der Waals surface area (Å²) in [6.45, 7) is -0.248. The summed E-state index contributed by atoms with van der Waals surface area (Å²) in [7, 11) is 0. The van der Waals surface area contributed by atoms with Gasteiger partial charge in [0.1, 0.15) is 11.9 Å². The molecule has 0 aliphatic heterocycles. The standard InChI is InChI=1S/C10H11FN2O3/c11-7-4-2-1-3-6(7)9(14)13-5-8(12)10(15)16/h1-4,8H,5,12H2,(H,13,14)(H,15,16). The number of carbonyl (C=O) groups is 2. The average molecular weight is 226 g/mol. The molecule has 0 fully saturated rings. The maximum absolute atomic E-state index is 13.1. The van der Waals surface area contributed by atoms with Crippen LogP contribution in [-0.4, -0.2) is 29.6 Å². The summed E-state index contributed by atoms with van der Waals surface area (Å²) in [6, 6.07) is 4.21. The Bertz CT molecular complexity index is 409. The van der Waals surface area contributed by atoms with Crippen molar-refractivity contribution in [2.75, 3.05) is 6.54 Å². The molecule has 86 valence electrons. The van der Waals surface area contributed by atoms with E-state index in [1.807, 2.05) is 0 Å². The number of nitrogens with two attached hydrogens (primary N) is 1. The molecule has 0 bridgehead atoms. The largest absolute Gasteiger partial charge is 0.480 e. The van der Waals surface area contributed by atoms with Gasteiger partial charge in [0.15, 0.2) is 0 Å². The van der Waals surface area contributed by atoms with E-state index in [1.54, 1.807) is 0 Å². The fourth-order valence-corrected chi connectivity index (χ4v) is 1.03. The number of hydrogen-bond donors (Lipinski definition) is 3.